The minimum Gasteiger partial charge on any atom is -0.325 e. The SMILES string of the molecule is CCCN1CCC(N2CC(N)C2)CC1. The Morgan fingerprint density at radius 2 is 1.86 bits per heavy atom. The number of hydrogen-bond acceptors (Lipinski definition) is 3. The molecule has 0 aromatic heterocycles. The Kier molecular flexibility index (Phi) is 3.42. The molecule has 0 amide bonds. The van der Waals surface area contributed by atoms with Gasteiger partial charge < -0.3 is 10.6 Å². The quantitative estimate of drug-likeness (QED) is 0.715. The van der Waals surface area contributed by atoms with Crippen LogP contribution in [0.2, 0.25) is 0 Å². The highest BCUT2D eigenvalue weighted by molar-refractivity contribution is 4.90. The number of rotatable bonds is 3. The molecule has 2 N–H and O–H groups in total. The Morgan fingerprint density at radius 3 is 2.36 bits per heavy atom. The van der Waals surface area contributed by atoms with E-state index in [1.807, 2.05) is 0 Å². The second-order valence-electron chi connectivity index (χ2n) is 4.79. The van der Waals surface area contributed by atoms with Gasteiger partial charge in [-0.1, -0.05) is 6.92 Å². The summed E-state index contributed by atoms with van der Waals surface area (Å²) < 4.78 is 0. The minimum atomic E-state index is 0.462. The van der Waals surface area contributed by atoms with Gasteiger partial charge in [0, 0.05) is 25.2 Å². The van der Waals surface area contributed by atoms with Gasteiger partial charge in [-0.05, 0) is 38.9 Å². The van der Waals surface area contributed by atoms with Gasteiger partial charge in [0.2, 0.25) is 0 Å². The first-order valence-electron chi connectivity index (χ1n) is 6.01. The van der Waals surface area contributed by atoms with E-state index in [2.05, 4.69) is 16.7 Å². The summed E-state index contributed by atoms with van der Waals surface area (Å²) in [5, 5.41) is 0. The second kappa shape index (κ2) is 4.60. The largest absolute Gasteiger partial charge is 0.325 e. The number of nitrogens with two attached hydrogens (primary N) is 1. The molecule has 0 spiro atoms. The van der Waals surface area contributed by atoms with Crippen molar-refractivity contribution in [1.29, 1.82) is 0 Å². The van der Waals surface area contributed by atoms with E-state index in [1.54, 1.807) is 0 Å². The highest BCUT2D eigenvalue weighted by Gasteiger charge is 2.31. The minimum absolute atomic E-state index is 0.462. The van der Waals surface area contributed by atoms with Gasteiger partial charge in [0.05, 0.1) is 0 Å². The zero-order valence-corrected chi connectivity index (χ0v) is 9.28. The number of nitrogens with zero attached hydrogens (tertiary/aromatic N) is 2. The lowest BCUT2D eigenvalue weighted by Gasteiger charge is -2.46. The topological polar surface area (TPSA) is 32.5 Å². The molecule has 82 valence electrons. The van der Waals surface area contributed by atoms with Gasteiger partial charge >= 0.3 is 0 Å². The third kappa shape index (κ3) is 2.27. The molecule has 2 fully saturated rings. The number of piperidine rings is 1. The van der Waals surface area contributed by atoms with Crippen molar-refractivity contribution >= 4 is 0 Å². The van der Waals surface area contributed by atoms with E-state index in [-0.39, 0.29) is 0 Å². The van der Waals surface area contributed by atoms with E-state index in [0.717, 1.165) is 19.1 Å². The maximum atomic E-state index is 5.80. The van der Waals surface area contributed by atoms with Crippen LogP contribution in [0.1, 0.15) is 26.2 Å². The third-order valence-corrected chi connectivity index (χ3v) is 3.55. The van der Waals surface area contributed by atoms with Gasteiger partial charge in [-0.25, -0.2) is 0 Å². The molecule has 0 aromatic rings. The van der Waals surface area contributed by atoms with Crippen molar-refractivity contribution in [2.75, 3.05) is 32.7 Å². The van der Waals surface area contributed by atoms with E-state index in [1.165, 1.54) is 38.9 Å². The van der Waals surface area contributed by atoms with Crippen LogP contribution in [0.5, 0.6) is 0 Å². The van der Waals surface area contributed by atoms with Crippen LogP contribution >= 0.6 is 0 Å². The molecule has 0 unspecified atom stereocenters. The van der Waals surface area contributed by atoms with Gasteiger partial charge in [-0.3, -0.25) is 4.90 Å². The Labute approximate surface area is 87.2 Å². The Bertz CT molecular complexity index is 169. The van der Waals surface area contributed by atoms with Crippen LogP contribution in [0.3, 0.4) is 0 Å². The summed E-state index contributed by atoms with van der Waals surface area (Å²) in [6.07, 6.45) is 4.00. The van der Waals surface area contributed by atoms with Crippen molar-refractivity contribution in [3.8, 4) is 0 Å². The Morgan fingerprint density at radius 1 is 1.21 bits per heavy atom. The van der Waals surface area contributed by atoms with Crippen LogP contribution in [0.4, 0.5) is 0 Å². The van der Waals surface area contributed by atoms with Crippen LogP contribution in [0, 0.1) is 0 Å². The van der Waals surface area contributed by atoms with Crippen LogP contribution in [0.15, 0.2) is 0 Å². The molecule has 14 heavy (non-hydrogen) atoms. The molecule has 0 bridgehead atoms. The van der Waals surface area contributed by atoms with Crippen molar-refractivity contribution in [2.24, 2.45) is 5.73 Å². The van der Waals surface area contributed by atoms with Gasteiger partial charge in [-0.2, -0.15) is 0 Å². The molecule has 3 heteroatoms. The maximum absolute atomic E-state index is 5.80. The highest BCUT2D eigenvalue weighted by atomic mass is 15.3. The first-order chi connectivity index (χ1) is 6.79. The monoisotopic (exact) mass is 197 g/mol. The standard InChI is InChI=1S/C11H23N3/c1-2-5-13-6-3-11(4-7-13)14-8-10(12)9-14/h10-11H,2-9,12H2,1H3. The molecular formula is C11H23N3. The van der Waals surface area contributed by atoms with Crippen LogP contribution in [0.25, 0.3) is 0 Å². The fraction of sp³-hybridized carbons (Fsp3) is 1.00. The molecule has 0 saturated carbocycles. The fourth-order valence-corrected chi connectivity index (χ4v) is 2.67. The molecule has 2 saturated heterocycles. The summed E-state index contributed by atoms with van der Waals surface area (Å²) in [5.74, 6) is 0. The molecular weight excluding hydrogens is 174 g/mol. The summed E-state index contributed by atoms with van der Waals surface area (Å²) in [5.41, 5.74) is 5.80. The van der Waals surface area contributed by atoms with Crippen molar-refractivity contribution < 1.29 is 0 Å². The second-order valence-corrected chi connectivity index (χ2v) is 4.79. The van der Waals surface area contributed by atoms with Crippen molar-refractivity contribution in [1.82, 2.24) is 9.80 Å². The summed E-state index contributed by atoms with van der Waals surface area (Å²) in [7, 11) is 0. The average Bonchev–Trinajstić information content (AvgIpc) is 2.15. The lowest BCUT2D eigenvalue weighted by atomic mass is 9.98. The first kappa shape index (κ1) is 10.4. The van der Waals surface area contributed by atoms with Crippen molar-refractivity contribution in [2.45, 2.75) is 38.3 Å². The number of likely N-dealkylation sites (tertiary alicyclic amines) is 2. The zero-order valence-electron chi connectivity index (χ0n) is 9.28. The van der Waals surface area contributed by atoms with Crippen molar-refractivity contribution in [3.05, 3.63) is 0 Å². The van der Waals surface area contributed by atoms with E-state index in [9.17, 15) is 0 Å². The smallest absolute Gasteiger partial charge is 0.0297 e. The lowest BCUT2D eigenvalue weighted by molar-refractivity contribution is 0.0488. The van der Waals surface area contributed by atoms with Gasteiger partial charge in [0.1, 0.15) is 0 Å². The maximum Gasteiger partial charge on any atom is 0.0297 e. The summed E-state index contributed by atoms with van der Waals surface area (Å²) in [6, 6.07) is 1.30. The average molecular weight is 197 g/mol. The normalized spacial score (nSPS) is 27.9. The lowest BCUT2D eigenvalue weighted by Crippen LogP contribution is -2.61. The fourth-order valence-electron chi connectivity index (χ4n) is 2.67. The third-order valence-electron chi connectivity index (χ3n) is 3.55. The van der Waals surface area contributed by atoms with Gasteiger partial charge in [0.25, 0.3) is 0 Å². The molecule has 0 radical (unpaired) electrons. The molecule has 0 aromatic carbocycles. The van der Waals surface area contributed by atoms with Crippen LogP contribution in [-0.2, 0) is 0 Å². The van der Waals surface area contributed by atoms with Crippen molar-refractivity contribution in [3.63, 3.8) is 0 Å². The summed E-state index contributed by atoms with van der Waals surface area (Å²) >= 11 is 0. The number of hydrogen-bond donors (Lipinski definition) is 1. The zero-order chi connectivity index (χ0) is 9.97. The molecule has 2 heterocycles. The van der Waals surface area contributed by atoms with Gasteiger partial charge in [-0.15, -0.1) is 0 Å². The van der Waals surface area contributed by atoms with E-state index >= 15 is 0 Å². The molecule has 2 aliphatic heterocycles. The van der Waals surface area contributed by atoms with E-state index in [4.69, 9.17) is 5.73 Å². The van der Waals surface area contributed by atoms with E-state index < -0.39 is 0 Å². The molecule has 2 rings (SSSR count). The summed E-state index contributed by atoms with van der Waals surface area (Å²) in [4.78, 5) is 5.16. The highest BCUT2D eigenvalue weighted by Crippen LogP contribution is 2.20. The molecule has 3 nitrogen and oxygen atoms in total. The predicted molar refractivity (Wildman–Crippen MR) is 59.3 cm³/mol. The Hall–Kier alpha value is -0.120. The van der Waals surface area contributed by atoms with E-state index in [0.29, 0.717) is 6.04 Å². The summed E-state index contributed by atoms with van der Waals surface area (Å²) in [6.45, 7) is 8.41. The van der Waals surface area contributed by atoms with Crippen LogP contribution < -0.4 is 5.73 Å². The van der Waals surface area contributed by atoms with Gasteiger partial charge in [0.15, 0.2) is 0 Å². The Balaban J connectivity index is 1.68. The first-order valence-corrected chi connectivity index (χ1v) is 6.01. The van der Waals surface area contributed by atoms with Crippen LogP contribution in [-0.4, -0.2) is 54.6 Å². The molecule has 0 atom stereocenters. The predicted octanol–water partition coefficient (Wildman–Crippen LogP) is 0.504. The molecule has 0 aliphatic carbocycles. The molecule has 2 aliphatic rings.